The number of hydrogen-bond acceptors (Lipinski definition) is 5. The summed E-state index contributed by atoms with van der Waals surface area (Å²) < 4.78 is 10.2. The highest BCUT2D eigenvalue weighted by atomic mass is 35.5. The highest BCUT2D eigenvalue weighted by Crippen LogP contribution is 2.23. The minimum Gasteiger partial charge on any atom is -0.481 e. The summed E-state index contributed by atoms with van der Waals surface area (Å²) >= 11 is 5.78. The Hall–Kier alpha value is -1.53. The Labute approximate surface area is 123 Å². The van der Waals surface area contributed by atoms with Crippen LogP contribution >= 0.6 is 11.6 Å². The maximum absolute atomic E-state index is 11.5. The molecule has 1 rings (SSSR count). The van der Waals surface area contributed by atoms with Gasteiger partial charge in [0.15, 0.2) is 0 Å². The Kier molecular flexibility index (Phi) is 5.59. The number of hydrogen-bond donors (Lipinski definition) is 2. The summed E-state index contributed by atoms with van der Waals surface area (Å²) in [6.07, 6.45) is -0.520. The maximum atomic E-state index is 11.5. The molecule has 0 spiro atoms. The van der Waals surface area contributed by atoms with Crippen molar-refractivity contribution in [3.63, 3.8) is 0 Å². The Morgan fingerprint density at radius 1 is 1.50 bits per heavy atom. The highest BCUT2D eigenvalue weighted by molar-refractivity contribution is 6.29. The fraction of sp³-hybridized carbons (Fsp3) is 0.538. The van der Waals surface area contributed by atoms with E-state index >= 15 is 0 Å². The fourth-order valence-electron chi connectivity index (χ4n) is 1.49. The summed E-state index contributed by atoms with van der Waals surface area (Å²) in [5.41, 5.74) is 6.11. The maximum Gasteiger partial charge on any atom is 0.407 e. The summed E-state index contributed by atoms with van der Waals surface area (Å²) in [6.45, 7) is 5.57. The van der Waals surface area contributed by atoms with Crippen molar-refractivity contribution in [1.29, 1.82) is 0 Å². The summed E-state index contributed by atoms with van der Waals surface area (Å²) in [6, 6.07) is 2.87. The first-order chi connectivity index (χ1) is 9.23. The van der Waals surface area contributed by atoms with Crippen molar-refractivity contribution in [3.05, 3.63) is 22.8 Å². The number of pyridine rings is 1. The third kappa shape index (κ3) is 5.22. The van der Waals surface area contributed by atoms with E-state index in [1.807, 2.05) is 0 Å². The molecule has 0 aliphatic heterocycles. The highest BCUT2D eigenvalue weighted by Gasteiger charge is 2.18. The summed E-state index contributed by atoms with van der Waals surface area (Å²) in [4.78, 5) is 15.6. The molecule has 0 radical (unpaired) electrons. The molecule has 112 valence electrons. The quantitative estimate of drug-likeness (QED) is 0.833. The number of rotatable bonds is 4. The number of carbonyl (C=O) groups excluding carboxylic acids is 1. The summed E-state index contributed by atoms with van der Waals surface area (Å²) in [5.74, 6) is 0.344. The lowest BCUT2D eigenvalue weighted by molar-refractivity contribution is 0.0524. The van der Waals surface area contributed by atoms with Crippen molar-refractivity contribution in [2.24, 2.45) is 5.73 Å². The molecule has 1 atom stereocenters. The van der Waals surface area contributed by atoms with Gasteiger partial charge in [-0.1, -0.05) is 11.6 Å². The van der Waals surface area contributed by atoms with E-state index in [2.05, 4.69) is 10.3 Å². The van der Waals surface area contributed by atoms with Gasteiger partial charge >= 0.3 is 6.09 Å². The van der Waals surface area contributed by atoms with Crippen LogP contribution in [0.2, 0.25) is 5.15 Å². The Balaban J connectivity index is 2.63. The summed E-state index contributed by atoms with van der Waals surface area (Å²) in [7, 11) is 1.48. The molecule has 20 heavy (non-hydrogen) atoms. The van der Waals surface area contributed by atoms with Crippen molar-refractivity contribution < 1.29 is 14.3 Å². The van der Waals surface area contributed by atoms with Gasteiger partial charge in [0.05, 0.1) is 13.2 Å². The number of alkyl carbamates (subject to hydrolysis) is 1. The van der Waals surface area contributed by atoms with Crippen LogP contribution < -0.4 is 15.8 Å². The zero-order valence-corrected chi connectivity index (χ0v) is 12.8. The lowest BCUT2D eigenvalue weighted by Gasteiger charge is -2.21. The van der Waals surface area contributed by atoms with E-state index in [0.29, 0.717) is 16.6 Å². The number of nitrogens with one attached hydrogen (secondary N) is 1. The second-order valence-corrected chi connectivity index (χ2v) is 5.61. The van der Waals surface area contributed by atoms with E-state index < -0.39 is 17.7 Å². The summed E-state index contributed by atoms with van der Waals surface area (Å²) in [5, 5.41) is 2.92. The molecule has 6 nitrogen and oxygen atoms in total. The smallest absolute Gasteiger partial charge is 0.407 e. The van der Waals surface area contributed by atoms with Crippen LogP contribution in [-0.2, 0) is 4.74 Å². The molecule has 0 bridgehead atoms. The number of aromatic nitrogens is 1. The van der Waals surface area contributed by atoms with Crippen LogP contribution in [0.4, 0.5) is 4.79 Å². The van der Waals surface area contributed by atoms with Gasteiger partial charge < -0.3 is 20.5 Å². The number of ether oxygens (including phenoxy) is 2. The molecule has 1 amide bonds. The first kappa shape index (κ1) is 16.5. The molecule has 0 aromatic carbocycles. The number of methoxy groups -OCH3 is 1. The van der Waals surface area contributed by atoms with E-state index in [1.54, 1.807) is 32.9 Å². The van der Waals surface area contributed by atoms with Gasteiger partial charge in [-0.3, -0.25) is 0 Å². The Morgan fingerprint density at radius 3 is 2.70 bits per heavy atom. The number of nitrogens with zero attached hydrogens (tertiary/aromatic N) is 1. The molecule has 1 heterocycles. The van der Waals surface area contributed by atoms with E-state index in [4.69, 9.17) is 26.8 Å². The predicted octanol–water partition coefficient (Wildman–Crippen LogP) is 2.27. The van der Waals surface area contributed by atoms with E-state index in [0.717, 1.165) is 0 Å². The monoisotopic (exact) mass is 301 g/mol. The van der Waals surface area contributed by atoms with Crippen LogP contribution in [0.5, 0.6) is 5.88 Å². The van der Waals surface area contributed by atoms with Gasteiger partial charge in [-0.05, 0) is 32.9 Å². The van der Waals surface area contributed by atoms with E-state index in [9.17, 15) is 4.79 Å². The second-order valence-electron chi connectivity index (χ2n) is 5.22. The minimum absolute atomic E-state index is 0.203. The molecule has 0 aliphatic carbocycles. The molecule has 1 aromatic rings. The van der Waals surface area contributed by atoms with Crippen LogP contribution in [0.1, 0.15) is 32.4 Å². The van der Waals surface area contributed by atoms with Crippen LogP contribution in [0, 0.1) is 0 Å². The zero-order chi connectivity index (χ0) is 15.3. The molecular weight excluding hydrogens is 282 g/mol. The third-order valence-electron chi connectivity index (χ3n) is 2.31. The minimum atomic E-state index is -0.548. The van der Waals surface area contributed by atoms with Crippen molar-refractivity contribution in [3.8, 4) is 5.88 Å². The second kappa shape index (κ2) is 6.76. The largest absolute Gasteiger partial charge is 0.481 e. The van der Waals surface area contributed by atoms with Crippen LogP contribution in [0.15, 0.2) is 12.1 Å². The third-order valence-corrected chi connectivity index (χ3v) is 2.52. The van der Waals surface area contributed by atoms with Gasteiger partial charge in [0, 0.05) is 12.1 Å². The molecular formula is C13H20ClN3O3. The number of halogens is 1. The van der Waals surface area contributed by atoms with Crippen molar-refractivity contribution in [1.82, 2.24) is 10.3 Å². The van der Waals surface area contributed by atoms with Gasteiger partial charge in [-0.2, -0.15) is 0 Å². The average Bonchev–Trinajstić information content (AvgIpc) is 2.33. The average molecular weight is 302 g/mol. The zero-order valence-electron chi connectivity index (χ0n) is 12.1. The predicted molar refractivity (Wildman–Crippen MR) is 77.0 cm³/mol. The number of amides is 1. The van der Waals surface area contributed by atoms with Gasteiger partial charge in [0.25, 0.3) is 0 Å². The molecule has 0 saturated carbocycles. The SMILES string of the molecule is COc1nc(Cl)ccc1C(N)CNC(=O)OC(C)(C)C. The van der Waals surface area contributed by atoms with Crippen LogP contribution in [0.25, 0.3) is 0 Å². The first-order valence-electron chi connectivity index (χ1n) is 6.16. The lowest BCUT2D eigenvalue weighted by Crippen LogP contribution is -2.36. The van der Waals surface area contributed by atoms with Crippen LogP contribution in [0.3, 0.4) is 0 Å². The number of carbonyl (C=O) groups is 1. The van der Waals surface area contributed by atoms with Crippen molar-refractivity contribution in [2.45, 2.75) is 32.4 Å². The van der Waals surface area contributed by atoms with Crippen LogP contribution in [-0.4, -0.2) is 30.3 Å². The topological polar surface area (TPSA) is 86.5 Å². The van der Waals surface area contributed by atoms with E-state index in [1.165, 1.54) is 7.11 Å². The van der Waals surface area contributed by atoms with Crippen molar-refractivity contribution >= 4 is 17.7 Å². The van der Waals surface area contributed by atoms with Gasteiger partial charge in [0.2, 0.25) is 5.88 Å². The molecule has 0 aliphatic rings. The normalized spacial score (nSPS) is 12.7. The number of nitrogens with two attached hydrogens (primary N) is 1. The first-order valence-corrected chi connectivity index (χ1v) is 6.53. The van der Waals surface area contributed by atoms with Gasteiger partial charge in [0.1, 0.15) is 10.8 Å². The molecule has 0 fully saturated rings. The molecule has 3 N–H and O–H groups in total. The van der Waals surface area contributed by atoms with Crippen molar-refractivity contribution in [2.75, 3.05) is 13.7 Å². The molecule has 1 unspecified atom stereocenters. The standard InChI is InChI=1S/C13H20ClN3O3/c1-13(2,3)20-12(18)16-7-9(15)8-5-6-10(14)17-11(8)19-4/h5-6,9H,7,15H2,1-4H3,(H,16,18). The molecule has 1 aromatic heterocycles. The lowest BCUT2D eigenvalue weighted by atomic mass is 10.1. The van der Waals surface area contributed by atoms with Gasteiger partial charge in [-0.15, -0.1) is 0 Å². The Bertz CT molecular complexity index is 474. The fourth-order valence-corrected chi connectivity index (χ4v) is 1.63. The molecule has 7 heteroatoms. The molecule has 0 saturated heterocycles. The van der Waals surface area contributed by atoms with Gasteiger partial charge in [-0.25, -0.2) is 9.78 Å². The Morgan fingerprint density at radius 2 is 2.15 bits per heavy atom. The van der Waals surface area contributed by atoms with E-state index in [-0.39, 0.29) is 6.54 Å².